The highest BCUT2D eigenvalue weighted by Gasteiger charge is 2.16. The lowest BCUT2D eigenvalue weighted by Crippen LogP contribution is -2.37. The van der Waals surface area contributed by atoms with E-state index in [1.54, 1.807) is 4.90 Å². The first-order valence-electron chi connectivity index (χ1n) is 5.89. The van der Waals surface area contributed by atoms with Gasteiger partial charge in [0.25, 0.3) is 0 Å². The summed E-state index contributed by atoms with van der Waals surface area (Å²) < 4.78 is 0. The van der Waals surface area contributed by atoms with Gasteiger partial charge in [-0.05, 0) is 32.7 Å². The van der Waals surface area contributed by atoms with Crippen LogP contribution in [0.2, 0.25) is 0 Å². The molecule has 16 heavy (non-hydrogen) atoms. The maximum Gasteiger partial charge on any atom is 0.222 e. The van der Waals surface area contributed by atoms with Gasteiger partial charge in [-0.3, -0.25) is 4.79 Å². The number of hydrogen-bond donors (Lipinski definition) is 1. The van der Waals surface area contributed by atoms with Gasteiger partial charge in [-0.25, -0.2) is 0 Å². The first-order chi connectivity index (χ1) is 7.52. The van der Waals surface area contributed by atoms with Crippen molar-refractivity contribution >= 4 is 5.91 Å². The zero-order chi connectivity index (χ0) is 12.6. The van der Waals surface area contributed by atoms with E-state index in [1.165, 1.54) is 0 Å². The van der Waals surface area contributed by atoms with Gasteiger partial charge in [-0.1, -0.05) is 6.92 Å². The Kier molecular flexibility index (Phi) is 7.57. The molecule has 0 aliphatic heterocycles. The fourth-order valence-corrected chi connectivity index (χ4v) is 1.47. The summed E-state index contributed by atoms with van der Waals surface area (Å²) in [6, 6.07) is 2.23. The maximum absolute atomic E-state index is 11.9. The first kappa shape index (κ1) is 14.9. The molecule has 0 heterocycles. The van der Waals surface area contributed by atoms with Gasteiger partial charge in [0, 0.05) is 19.0 Å². The summed E-state index contributed by atoms with van der Waals surface area (Å²) in [5.41, 5.74) is 5.51. The molecule has 0 saturated carbocycles. The van der Waals surface area contributed by atoms with Gasteiger partial charge in [0.05, 0.1) is 12.5 Å². The minimum absolute atomic E-state index is 0.130. The van der Waals surface area contributed by atoms with Crippen LogP contribution in [-0.2, 0) is 4.79 Å². The molecule has 1 atom stereocenters. The Morgan fingerprint density at radius 2 is 2.06 bits per heavy atom. The van der Waals surface area contributed by atoms with E-state index < -0.39 is 0 Å². The van der Waals surface area contributed by atoms with Crippen LogP contribution in [0.4, 0.5) is 0 Å². The lowest BCUT2D eigenvalue weighted by Gasteiger charge is -2.26. The summed E-state index contributed by atoms with van der Waals surface area (Å²) >= 11 is 0. The molecule has 2 N–H and O–H groups in total. The van der Waals surface area contributed by atoms with Crippen molar-refractivity contribution in [3.63, 3.8) is 0 Å². The SMILES string of the molecule is CC(CN)CCC(=O)N(CCC#N)C(C)C. The Hall–Kier alpha value is -1.08. The standard InChI is InChI=1S/C12H23N3O/c1-10(2)15(8-4-7-13)12(16)6-5-11(3)9-14/h10-11H,4-6,8-9,14H2,1-3H3. The molecule has 0 rings (SSSR count). The normalized spacial score (nSPS) is 12.2. The Balaban J connectivity index is 4.13. The second kappa shape index (κ2) is 8.12. The van der Waals surface area contributed by atoms with E-state index in [-0.39, 0.29) is 11.9 Å². The number of nitrogens with two attached hydrogens (primary N) is 1. The third kappa shape index (κ3) is 5.72. The van der Waals surface area contributed by atoms with Gasteiger partial charge >= 0.3 is 0 Å². The average molecular weight is 225 g/mol. The van der Waals surface area contributed by atoms with E-state index in [0.29, 0.717) is 31.8 Å². The molecule has 4 heteroatoms. The third-order valence-corrected chi connectivity index (χ3v) is 2.66. The van der Waals surface area contributed by atoms with E-state index >= 15 is 0 Å². The lowest BCUT2D eigenvalue weighted by molar-refractivity contribution is -0.133. The number of amides is 1. The number of nitrogens with zero attached hydrogens (tertiary/aromatic N) is 2. The van der Waals surface area contributed by atoms with Crippen molar-refractivity contribution in [2.75, 3.05) is 13.1 Å². The molecule has 1 amide bonds. The molecule has 0 aromatic rings. The van der Waals surface area contributed by atoms with Crippen LogP contribution in [0.1, 0.15) is 40.0 Å². The zero-order valence-corrected chi connectivity index (χ0v) is 10.6. The van der Waals surface area contributed by atoms with Crippen LogP contribution in [0, 0.1) is 17.2 Å². The molecule has 0 aliphatic carbocycles. The number of hydrogen-bond acceptors (Lipinski definition) is 3. The second-order valence-corrected chi connectivity index (χ2v) is 4.47. The largest absolute Gasteiger partial charge is 0.339 e. The molecule has 0 saturated heterocycles. The predicted octanol–water partition coefficient (Wildman–Crippen LogP) is 1.51. The van der Waals surface area contributed by atoms with Crippen LogP contribution in [0.5, 0.6) is 0 Å². The fourth-order valence-electron chi connectivity index (χ4n) is 1.47. The molecule has 1 unspecified atom stereocenters. The van der Waals surface area contributed by atoms with Gasteiger partial charge in [-0.15, -0.1) is 0 Å². The number of rotatable bonds is 7. The average Bonchev–Trinajstić information content (AvgIpc) is 2.25. The molecule has 4 nitrogen and oxygen atoms in total. The van der Waals surface area contributed by atoms with E-state index in [9.17, 15) is 4.79 Å². The van der Waals surface area contributed by atoms with Crippen molar-refractivity contribution in [3.8, 4) is 6.07 Å². The topological polar surface area (TPSA) is 70.1 Å². The quantitative estimate of drug-likeness (QED) is 0.714. The van der Waals surface area contributed by atoms with Gasteiger partial charge < -0.3 is 10.6 Å². The van der Waals surface area contributed by atoms with Crippen LogP contribution >= 0.6 is 0 Å². The summed E-state index contributed by atoms with van der Waals surface area (Å²) in [5, 5.41) is 8.53. The van der Waals surface area contributed by atoms with Crippen molar-refractivity contribution in [1.29, 1.82) is 5.26 Å². The van der Waals surface area contributed by atoms with Crippen molar-refractivity contribution in [2.45, 2.75) is 46.1 Å². The Labute approximate surface area is 98.4 Å². The van der Waals surface area contributed by atoms with Crippen molar-refractivity contribution in [3.05, 3.63) is 0 Å². The summed E-state index contributed by atoms with van der Waals surface area (Å²) in [7, 11) is 0. The number of carbonyl (C=O) groups is 1. The summed E-state index contributed by atoms with van der Waals surface area (Å²) in [4.78, 5) is 13.7. The van der Waals surface area contributed by atoms with Crippen LogP contribution in [0.25, 0.3) is 0 Å². The highest BCUT2D eigenvalue weighted by Crippen LogP contribution is 2.09. The molecular formula is C12H23N3O. The predicted molar refractivity (Wildman–Crippen MR) is 64.5 cm³/mol. The molecule has 0 fully saturated rings. The lowest BCUT2D eigenvalue weighted by atomic mass is 10.1. The van der Waals surface area contributed by atoms with Crippen LogP contribution < -0.4 is 5.73 Å². The minimum atomic E-state index is 0.130. The van der Waals surface area contributed by atoms with E-state index in [1.807, 2.05) is 20.8 Å². The van der Waals surface area contributed by atoms with Crippen LogP contribution in [0.15, 0.2) is 0 Å². The molecule has 0 aliphatic rings. The Bertz CT molecular complexity index is 245. The smallest absolute Gasteiger partial charge is 0.222 e. The van der Waals surface area contributed by atoms with E-state index in [4.69, 9.17) is 11.0 Å². The minimum Gasteiger partial charge on any atom is -0.339 e. The van der Waals surface area contributed by atoms with Gasteiger partial charge in [0.15, 0.2) is 0 Å². The van der Waals surface area contributed by atoms with Crippen molar-refractivity contribution in [2.24, 2.45) is 11.7 Å². The number of nitriles is 1. The monoisotopic (exact) mass is 225 g/mol. The molecule has 0 bridgehead atoms. The molecular weight excluding hydrogens is 202 g/mol. The van der Waals surface area contributed by atoms with Gasteiger partial charge in [0.1, 0.15) is 0 Å². The molecule has 0 aromatic heterocycles. The molecule has 0 spiro atoms. The third-order valence-electron chi connectivity index (χ3n) is 2.66. The van der Waals surface area contributed by atoms with Crippen LogP contribution in [-0.4, -0.2) is 29.9 Å². The zero-order valence-electron chi connectivity index (χ0n) is 10.6. The van der Waals surface area contributed by atoms with Crippen molar-refractivity contribution in [1.82, 2.24) is 4.90 Å². The van der Waals surface area contributed by atoms with E-state index in [2.05, 4.69) is 6.07 Å². The highest BCUT2D eigenvalue weighted by molar-refractivity contribution is 5.76. The summed E-state index contributed by atoms with van der Waals surface area (Å²) in [6.45, 7) is 7.14. The Morgan fingerprint density at radius 1 is 1.44 bits per heavy atom. The highest BCUT2D eigenvalue weighted by atomic mass is 16.2. The molecule has 92 valence electrons. The van der Waals surface area contributed by atoms with Crippen molar-refractivity contribution < 1.29 is 4.79 Å². The van der Waals surface area contributed by atoms with E-state index in [0.717, 1.165) is 6.42 Å². The fraction of sp³-hybridized carbons (Fsp3) is 0.833. The van der Waals surface area contributed by atoms with Crippen LogP contribution in [0.3, 0.4) is 0 Å². The summed E-state index contributed by atoms with van der Waals surface area (Å²) in [6.07, 6.45) is 1.75. The Morgan fingerprint density at radius 3 is 2.50 bits per heavy atom. The first-order valence-corrected chi connectivity index (χ1v) is 5.89. The number of carbonyl (C=O) groups excluding carboxylic acids is 1. The van der Waals surface area contributed by atoms with Gasteiger partial charge in [-0.2, -0.15) is 5.26 Å². The molecule has 0 aromatic carbocycles. The maximum atomic E-state index is 11.9. The summed E-state index contributed by atoms with van der Waals surface area (Å²) in [5.74, 6) is 0.513. The van der Waals surface area contributed by atoms with Gasteiger partial charge in [0.2, 0.25) is 5.91 Å². The molecule has 0 radical (unpaired) electrons. The second-order valence-electron chi connectivity index (χ2n) is 4.47.